The number of aryl methyl sites for hydroxylation is 1. The molecule has 1 N–H and O–H groups in total. The van der Waals surface area contributed by atoms with Gasteiger partial charge in [-0.1, -0.05) is 0 Å². The minimum atomic E-state index is -0.772. The lowest BCUT2D eigenvalue weighted by atomic mass is 9.93. The Balaban J connectivity index is 2.18. The van der Waals surface area contributed by atoms with E-state index in [0.29, 0.717) is 6.42 Å². The molecule has 5 heteroatoms. The van der Waals surface area contributed by atoms with Gasteiger partial charge in [0.2, 0.25) is 0 Å². The van der Waals surface area contributed by atoms with Crippen LogP contribution in [0.15, 0.2) is 18.2 Å². The molecular weight excluding hydrogens is 280 g/mol. The summed E-state index contributed by atoms with van der Waals surface area (Å²) in [5.41, 5.74) is 4.32. The number of carboxylic acid groups (broad SMARTS) is 1. The van der Waals surface area contributed by atoms with Crippen molar-refractivity contribution in [2.75, 3.05) is 20.7 Å². The molecule has 5 nitrogen and oxygen atoms in total. The molecule has 1 aliphatic rings. The zero-order valence-corrected chi connectivity index (χ0v) is 12.9. The zero-order valence-electron chi connectivity index (χ0n) is 12.9. The molecule has 0 saturated heterocycles. The number of methoxy groups -OCH3 is 1. The number of nitrogens with zero attached hydrogens (tertiary/aromatic N) is 2. The normalized spacial score (nSPS) is 14.8. The molecule has 2 aromatic rings. The van der Waals surface area contributed by atoms with Crippen LogP contribution in [0.5, 0.6) is 5.75 Å². The lowest BCUT2D eigenvalue weighted by Gasteiger charge is -2.27. The largest absolute Gasteiger partial charge is 0.497 e. The Hall–Kier alpha value is -2.14. The standard InChI is InChI=1S/C17H20N2O3/c1-19-8-7-16-14(10-19)12(4-6-17(20)21)13-9-11(22-2)3-5-15(13)18-16/h3,5,9H,4,6-8,10H2,1-2H3,(H,20,21). The van der Waals surface area contributed by atoms with Crippen molar-refractivity contribution in [3.63, 3.8) is 0 Å². The first-order valence-corrected chi connectivity index (χ1v) is 7.47. The van der Waals surface area contributed by atoms with E-state index in [-0.39, 0.29) is 6.42 Å². The number of aromatic nitrogens is 1. The highest BCUT2D eigenvalue weighted by Crippen LogP contribution is 2.31. The first-order valence-electron chi connectivity index (χ1n) is 7.47. The van der Waals surface area contributed by atoms with Crippen LogP contribution >= 0.6 is 0 Å². The van der Waals surface area contributed by atoms with E-state index in [1.54, 1.807) is 7.11 Å². The van der Waals surface area contributed by atoms with Gasteiger partial charge in [0, 0.05) is 37.0 Å². The molecule has 0 unspecified atom stereocenters. The van der Waals surface area contributed by atoms with E-state index in [1.165, 1.54) is 5.56 Å². The van der Waals surface area contributed by atoms with Crippen molar-refractivity contribution >= 4 is 16.9 Å². The maximum absolute atomic E-state index is 11.0. The van der Waals surface area contributed by atoms with Crippen LogP contribution in [0.3, 0.4) is 0 Å². The monoisotopic (exact) mass is 300 g/mol. The Labute approximate surface area is 129 Å². The second-order valence-electron chi connectivity index (χ2n) is 5.78. The van der Waals surface area contributed by atoms with Gasteiger partial charge in [0.05, 0.1) is 12.6 Å². The predicted molar refractivity (Wildman–Crippen MR) is 84.3 cm³/mol. The van der Waals surface area contributed by atoms with Crippen LogP contribution in [0.25, 0.3) is 10.9 Å². The van der Waals surface area contributed by atoms with E-state index in [0.717, 1.165) is 47.4 Å². The predicted octanol–water partition coefficient (Wildman–Crippen LogP) is 2.25. The topological polar surface area (TPSA) is 62.7 Å². The van der Waals surface area contributed by atoms with Crippen LogP contribution in [-0.2, 0) is 24.2 Å². The van der Waals surface area contributed by atoms with Gasteiger partial charge < -0.3 is 14.7 Å². The van der Waals surface area contributed by atoms with Crippen LogP contribution in [-0.4, -0.2) is 41.7 Å². The molecule has 2 heterocycles. The number of fused-ring (bicyclic) bond motifs is 2. The Morgan fingerprint density at radius 1 is 1.45 bits per heavy atom. The molecule has 1 aliphatic heterocycles. The fourth-order valence-corrected chi connectivity index (χ4v) is 3.09. The summed E-state index contributed by atoms with van der Waals surface area (Å²) in [5.74, 6) is 0.000705. The van der Waals surface area contributed by atoms with Crippen molar-refractivity contribution in [1.29, 1.82) is 0 Å². The number of aliphatic carboxylic acids is 1. The average Bonchev–Trinajstić information content (AvgIpc) is 2.51. The number of hydrogen-bond donors (Lipinski definition) is 1. The van der Waals surface area contributed by atoms with Crippen molar-refractivity contribution in [2.45, 2.75) is 25.8 Å². The molecular formula is C17H20N2O3. The number of benzene rings is 1. The number of ether oxygens (including phenoxy) is 1. The highest BCUT2D eigenvalue weighted by Gasteiger charge is 2.21. The molecule has 3 rings (SSSR count). The molecule has 0 bridgehead atoms. The average molecular weight is 300 g/mol. The Morgan fingerprint density at radius 3 is 3.00 bits per heavy atom. The van der Waals surface area contributed by atoms with Gasteiger partial charge in [-0.2, -0.15) is 0 Å². The highest BCUT2D eigenvalue weighted by molar-refractivity contribution is 5.85. The number of carbonyl (C=O) groups is 1. The third-order valence-corrected chi connectivity index (χ3v) is 4.24. The van der Waals surface area contributed by atoms with Crippen molar-refractivity contribution in [2.24, 2.45) is 0 Å². The second kappa shape index (κ2) is 5.93. The van der Waals surface area contributed by atoms with Crippen LogP contribution in [0.4, 0.5) is 0 Å². The molecule has 116 valence electrons. The Kier molecular flexibility index (Phi) is 3.98. The van der Waals surface area contributed by atoms with E-state index in [9.17, 15) is 4.79 Å². The second-order valence-corrected chi connectivity index (χ2v) is 5.78. The summed E-state index contributed by atoms with van der Waals surface area (Å²) in [4.78, 5) is 18.0. The van der Waals surface area contributed by atoms with Crippen LogP contribution in [0.2, 0.25) is 0 Å². The van der Waals surface area contributed by atoms with Gasteiger partial charge in [-0.15, -0.1) is 0 Å². The van der Waals surface area contributed by atoms with E-state index in [4.69, 9.17) is 14.8 Å². The summed E-state index contributed by atoms with van der Waals surface area (Å²) < 4.78 is 5.31. The quantitative estimate of drug-likeness (QED) is 0.938. The van der Waals surface area contributed by atoms with Crippen LogP contribution in [0, 0.1) is 0 Å². The van der Waals surface area contributed by atoms with Crippen molar-refractivity contribution in [3.8, 4) is 5.75 Å². The van der Waals surface area contributed by atoms with Crippen molar-refractivity contribution < 1.29 is 14.6 Å². The third-order valence-electron chi connectivity index (χ3n) is 4.24. The van der Waals surface area contributed by atoms with Gasteiger partial charge in [0.25, 0.3) is 0 Å². The number of rotatable bonds is 4. The minimum absolute atomic E-state index is 0.131. The molecule has 0 saturated carbocycles. The SMILES string of the molecule is COc1ccc2nc3c(c(CCC(=O)O)c2c1)CN(C)CC3. The smallest absolute Gasteiger partial charge is 0.303 e. The number of pyridine rings is 1. The van der Waals surface area contributed by atoms with Gasteiger partial charge >= 0.3 is 5.97 Å². The molecule has 22 heavy (non-hydrogen) atoms. The molecule has 0 fully saturated rings. The Bertz CT molecular complexity index is 727. The zero-order chi connectivity index (χ0) is 15.7. The maximum atomic E-state index is 11.0. The number of likely N-dealkylation sites (N-methyl/N-ethyl adjacent to an activating group) is 1. The number of hydrogen-bond acceptors (Lipinski definition) is 4. The van der Waals surface area contributed by atoms with Crippen molar-refractivity contribution in [1.82, 2.24) is 9.88 Å². The maximum Gasteiger partial charge on any atom is 0.303 e. The van der Waals surface area contributed by atoms with E-state index < -0.39 is 5.97 Å². The fraction of sp³-hybridized carbons (Fsp3) is 0.412. The highest BCUT2D eigenvalue weighted by atomic mass is 16.5. The summed E-state index contributed by atoms with van der Waals surface area (Å²) in [5, 5.41) is 10.1. The van der Waals surface area contributed by atoms with Gasteiger partial charge in [0.15, 0.2) is 0 Å². The fourth-order valence-electron chi connectivity index (χ4n) is 3.09. The summed E-state index contributed by atoms with van der Waals surface area (Å²) >= 11 is 0. The van der Waals surface area contributed by atoms with E-state index in [2.05, 4.69) is 11.9 Å². The molecule has 0 radical (unpaired) electrons. The summed E-state index contributed by atoms with van der Waals surface area (Å²) in [7, 11) is 3.72. The van der Waals surface area contributed by atoms with Gasteiger partial charge in [-0.05, 0) is 42.8 Å². The van der Waals surface area contributed by atoms with E-state index >= 15 is 0 Å². The molecule has 0 spiro atoms. The third kappa shape index (κ3) is 2.76. The van der Waals surface area contributed by atoms with Crippen LogP contribution in [0.1, 0.15) is 23.2 Å². The lowest BCUT2D eigenvalue weighted by Crippen LogP contribution is -2.28. The first-order chi connectivity index (χ1) is 10.6. The molecule has 0 aliphatic carbocycles. The molecule has 1 aromatic carbocycles. The lowest BCUT2D eigenvalue weighted by molar-refractivity contribution is -0.136. The number of carboxylic acids is 1. The summed E-state index contributed by atoms with van der Waals surface area (Å²) in [6.07, 6.45) is 1.57. The van der Waals surface area contributed by atoms with Gasteiger partial charge in [-0.3, -0.25) is 9.78 Å². The Morgan fingerprint density at radius 2 is 2.27 bits per heavy atom. The van der Waals surface area contributed by atoms with Gasteiger partial charge in [0.1, 0.15) is 5.75 Å². The van der Waals surface area contributed by atoms with E-state index in [1.807, 2.05) is 18.2 Å². The molecule has 0 atom stereocenters. The molecule has 0 amide bonds. The molecule has 1 aromatic heterocycles. The van der Waals surface area contributed by atoms with Crippen LogP contribution < -0.4 is 4.74 Å². The van der Waals surface area contributed by atoms with Crippen molar-refractivity contribution in [3.05, 3.63) is 35.0 Å². The van der Waals surface area contributed by atoms with Gasteiger partial charge in [-0.25, -0.2) is 0 Å². The first kappa shape index (κ1) is 14.8. The minimum Gasteiger partial charge on any atom is -0.497 e. The summed E-state index contributed by atoms with van der Waals surface area (Å²) in [6, 6.07) is 5.82. The summed E-state index contributed by atoms with van der Waals surface area (Å²) in [6.45, 7) is 1.81.